The number of allylic oxidation sites excluding steroid dienone is 6. The Balaban J connectivity index is 1.72. The number of esters is 2. The van der Waals surface area contributed by atoms with Crippen LogP contribution in [0.5, 0.6) is 0 Å². The van der Waals surface area contributed by atoms with Gasteiger partial charge in [-0.3, -0.25) is 18.6 Å². The van der Waals surface area contributed by atoms with Gasteiger partial charge in [0.1, 0.15) is 92.1 Å². The van der Waals surface area contributed by atoms with Gasteiger partial charge in [-0.1, -0.05) is 127 Å². The number of carbonyl (C=O) groups is 2. The molecular weight excluding hydrogens is 1060 g/mol. The van der Waals surface area contributed by atoms with Crippen LogP contribution >= 0.6 is 7.82 Å². The quantitative estimate of drug-likeness (QED) is 0.0180. The van der Waals surface area contributed by atoms with E-state index in [-0.39, 0.29) is 12.8 Å². The predicted octanol–water partition coefficient (Wildman–Crippen LogP) is 3.48. The summed E-state index contributed by atoms with van der Waals surface area (Å²) in [6, 6.07) is 0. The highest BCUT2D eigenvalue weighted by molar-refractivity contribution is 7.47. The summed E-state index contributed by atoms with van der Waals surface area (Å²) < 4.78 is 58.0. The molecule has 0 spiro atoms. The lowest BCUT2D eigenvalue weighted by Gasteiger charge is -2.49. The largest absolute Gasteiger partial charge is 0.472 e. The number of ether oxygens (including phenoxy) is 6. The van der Waals surface area contributed by atoms with Crippen LogP contribution in [0.4, 0.5) is 0 Å². The van der Waals surface area contributed by atoms with E-state index in [2.05, 4.69) is 50.3 Å². The van der Waals surface area contributed by atoms with Crippen molar-refractivity contribution >= 4 is 19.8 Å². The van der Waals surface area contributed by atoms with Gasteiger partial charge in [0.15, 0.2) is 18.7 Å². The number of unbranched alkanes of at least 4 members (excludes halogenated alkanes) is 17. The highest BCUT2D eigenvalue weighted by atomic mass is 31.2. The highest BCUT2D eigenvalue weighted by Gasteiger charge is 2.58. The monoisotopic (exact) mass is 1160 g/mol. The third kappa shape index (κ3) is 26.0. The number of phosphoric acid groups is 1. The minimum atomic E-state index is -5.64. The summed E-state index contributed by atoms with van der Waals surface area (Å²) in [5, 5.41) is 117. The normalized spacial score (nSPS) is 31.7. The van der Waals surface area contributed by atoms with Crippen molar-refractivity contribution in [1.82, 2.24) is 0 Å². The summed E-state index contributed by atoms with van der Waals surface area (Å²) in [6.07, 6.45) is -0.0541. The molecule has 12 N–H and O–H groups in total. The molecule has 1 aliphatic carbocycles. The van der Waals surface area contributed by atoms with E-state index in [0.717, 1.165) is 83.5 Å². The fourth-order valence-corrected chi connectivity index (χ4v) is 10.3. The second-order valence-corrected chi connectivity index (χ2v) is 22.2. The summed E-state index contributed by atoms with van der Waals surface area (Å²) in [6.45, 7) is 0.896. The van der Waals surface area contributed by atoms with E-state index in [1.807, 2.05) is 0 Å². The van der Waals surface area contributed by atoms with Crippen molar-refractivity contribution in [2.24, 2.45) is 0 Å². The van der Waals surface area contributed by atoms with Crippen molar-refractivity contribution in [2.45, 2.75) is 272 Å². The van der Waals surface area contributed by atoms with E-state index in [1.165, 1.54) is 38.5 Å². The molecule has 0 aromatic carbocycles. The van der Waals surface area contributed by atoms with Crippen molar-refractivity contribution in [3.63, 3.8) is 0 Å². The van der Waals surface area contributed by atoms with Crippen molar-refractivity contribution in [3.05, 3.63) is 36.5 Å². The number of phosphoric ester groups is 1. The molecule has 23 nitrogen and oxygen atoms in total. The van der Waals surface area contributed by atoms with E-state index < -0.39 is 150 Å². The van der Waals surface area contributed by atoms with E-state index in [0.29, 0.717) is 19.3 Å². The maximum Gasteiger partial charge on any atom is 0.472 e. The number of aliphatic hydroxyl groups is 11. The molecule has 79 heavy (non-hydrogen) atoms. The summed E-state index contributed by atoms with van der Waals surface area (Å²) >= 11 is 0. The van der Waals surface area contributed by atoms with Crippen molar-refractivity contribution in [3.8, 4) is 0 Å². The van der Waals surface area contributed by atoms with Gasteiger partial charge in [0.05, 0.1) is 19.8 Å². The molecule has 3 aliphatic rings. The fourth-order valence-electron chi connectivity index (χ4n) is 9.33. The Hall–Kier alpha value is -2.33. The average Bonchev–Trinajstić information content (AvgIpc) is 3.55. The molecule has 18 atom stereocenters. The zero-order valence-electron chi connectivity index (χ0n) is 46.4. The standard InChI is InChI=1S/C55H97O23P/c1-3-5-7-9-11-13-15-17-18-20-21-23-25-27-29-31-40(58)71-35-37(73-41(59)32-30-28-26-24-22-19-16-14-12-10-8-6-4-2)36-72-79(69,70)78-53-51(76-54-49(67)44(62)42(60)38(33-56)74-54)47(65)46(64)48(66)52(53)77-55-50(68)45(63)43(61)39(34-57)75-55/h8,10,14,16-18,37-39,42-57,60-68H,3-7,9,11-13,15,19-36H2,1-2H3,(H,69,70)/b10-8-,16-14-,18-17-/t37-,38?,39?,42-,43+,44?,45?,46?,47?,48?,49-,50+,51-,52?,53?,54-,55+/m1/s1. The van der Waals surface area contributed by atoms with Gasteiger partial charge in [0.25, 0.3) is 0 Å². The molecule has 3 fully saturated rings. The predicted molar refractivity (Wildman–Crippen MR) is 286 cm³/mol. The van der Waals surface area contributed by atoms with Gasteiger partial charge in [-0.05, 0) is 64.2 Å². The molecular formula is C55H97O23P. The van der Waals surface area contributed by atoms with Gasteiger partial charge in [-0.2, -0.15) is 0 Å². The number of carbonyl (C=O) groups excluding carboxylic acids is 2. The lowest BCUT2D eigenvalue weighted by atomic mass is 9.84. The Labute approximate surface area is 466 Å². The topological polar surface area (TPSA) is 368 Å². The molecule has 2 aliphatic heterocycles. The van der Waals surface area contributed by atoms with Crippen molar-refractivity contribution in [2.75, 3.05) is 26.4 Å². The minimum Gasteiger partial charge on any atom is -0.462 e. The molecule has 0 radical (unpaired) electrons. The zero-order chi connectivity index (χ0) is 58.2. The first-order chi connectivity index (χ1) is 37.9. The molecule has 3 rings (SSSR count). The van der Waals surface area contributed by atoms with Crippen LogP contribution in [0.15, 0.2) is 36.5 Å². The van der Waals surface area contributed by atoms with Crippen molar-refractivity contribution in [1.29, 1.82) is 0 Å². The van der Waals surface area contributed by atoms with Gasteiger partial charge in [0, 0.05) is 12.8 Å². The third-order valence-corrected chi connectivity index (χ3v) is 15.1. The van der Waals surface area contributed by atoms with Crippen LogP contribution in [0.1, 0.15) is 168 Å². The van der Waals surface area contributed by atoms with Gasteiger partial charge < -0.3 is 89.5 Å². The SMILES string of the molecule is CCC/C=C\C/C=C\CCCCCCCC(=O)O[C@H](COC(=O)CCCCCCC/C=C\CCCCCCCC)COP(=O)(O)OC1C(O[C@@H]2OC(CO)[C@H](O)C(O)[C@@H]2O)C(O)C(O)C(O)[C@H]1O[C@H]1OC(CO)[C@@H](O)C(O)[C@H]1O. The maximum absolute atomic E-state index is 14.0. The first-order valence-corrected chi connectivity index (χ1v) is 30.3. The van der Waals surface area contributed by atoms with E-state index in [9.17, 15) is 75.2 Å². The molecule has 460 valence electrons. The lowest BCUT2D eigenvalue weighted by molar-refractivity contribution is -0.360. The number of hydrogen-bond donors (Lipinski definition) is 12. The van der Waals surface area contributed by atoms with Gasteiger partial charge in [-0.15, -0.1) is 0 Å². The molecule has 2 heterocycles. The molecule has 10 unspecified atom stereocenters. The van der Waals surface area contributed by atoms with E-state index in [1.54, 1.807) is 0 Å². The van der Waals surface area contributed by atoms with E-state index >= 15 is 0 Å². The van der Waals surface area contributed by atoms with Crippen molar-refractivity contribution < 1.29 is 113 Å². The first-order valence-electron chi connectivity index (χ1n) is 28.8. The number of hydrogen-bond acceptors (Lipinski definition) is 22. The third-order valence-electron chi connectivity index (χ3n) is 14.2. The second kappa shape index (κ2) is 40.0. The van der Waals surface area contributed by atoms with Crippen LogP contribution in [0.2, 0.25) is 0 Å². The second-order valence-electron chi connectivity index (χ2n) is 20.8. The van der Waals surface area contributed by atoms with Crippen LogP contribution in [0, 0.1) is 0 Å². The van der Waals surface area contributed by atoms with Crippen LogP contribution in [0.3, 0.4) is 0 Å². The smallest absolute Gasteiger partial charge is 0.462 e. The van der Waals surface area contributed by atoms with Crippen LogP contribution < -0.4 is 0 Å². The molecule has 0 amide bonds. The van der Waals surface area contributed by atoms with E-state index in [4.69, 9.17) is 37.5 Å². The highest BCUT2D eigenvalue weighted by Crippen LogP contribution is 2.49. The van der Waals surface area contributed by atoms with Gasteiger partial charge >= 0.3 is 19.8 Å². The maximum atomic E-state index is 14.0. The fraction of sp³-hybridized carbons (Fsp3) is 0.855. The Kier molecular flexibility index (Phi) is 35.9. The minimum absolute atomic E-state index is 0.0386. The lowest BCUT2D eigenvalue weighted by Crippen LogP contribution is -2.69. The first kappa shape index (κ1) is 70.9. The Morgan fingerprint density at radius 2 is 0.899 bits per heavy atom. The Morgan fingerprint density at radius 3 is 1.37 bits per heavy atom. The summed E-state index contributed by atoms with van der Waals surface area (Å²) in [4.78, 5) is 37.4. The number of rotatable bonds is 41. The molecule has 24 heteroatoms. The van der Waals surface area contributed by atoms with Gasteiger partial charge in [0.2, 0.25) is 0 Å². The summed E-state index contributed by atoms with van der Waals surface area (Å²) in [7, 11) is -5.64. The molecule has 0 bridgehead atoms. The molecule has 2 saturated heterocycles. The van der Waals surface area contributed by atoms with Gasteiger partial charge in [-0.25, -0.2) is 4.57 Å². The van der Waals surface area contributed by atoms with Crippen LogP contribution in [0.25, 0.3) is 0 Å². The Bertz CT molecular complexity index is 1720. The molecule has 0 aromatic rings. The van der Waals surface area contributed by atoms with Crippen LogP contribution in [-0.2, 0) is 51.6 Å². The summed E-state index contributed by atoms with van der Waals surface area (Å²) in [5.74, 6) is -1.36. The Morgan fingerprint density at radius 1 is 0.481 bits per heavy atom. The zero-order valence-corrected chi connectivity index (χ0v) is 47.3. The summed E-state index contributed by atoms with van der Waals surface area (Å²) in [5.41, 5.74) is 0. The molecule has 1 saturated carbocycles. The number of aliphatic hydroxyl groups excluding tert-OH is 11. The molecule has 0 aromatic heterocycles. The average molecular weight is 1160 g/mol. The van der Waals surface area contributed by atoms with Crippen LogP contribution in [-0.4, -0.2) is 204 Å².